The van der Waals surface area contributed by atoms with Crippen molar-refractivity contribution in [1.29, 1.82) is 0 Å². The van der Waals surface area contributed by atoms with E-state index >= 15 is 0 Å². The number of nitrogens with zero attached hydrogens (tertiary/aromatic N) is 4. The average Bonchev–Trinajstić information content (AvgIpc) is 3.23. The van der Waals surface area contributed by atoms with Crippen LogP contribution in [0.2, 0.25) is 0 Å². The maximum atomic E-state index is 12.2. The van der Waals surface area contributed by atoms with E-state index in [0.29, 0.717) is 19.8 Å². The van der Waals surface area contributed by atoms with E-state index in [2.05, 4.69) is 10.1 Å². The number of ether oxygens (including phenoxy) is 2. The zero-order chi connectivity index (χ0) is 14.9. The Morgan fingerprint density at radius 1 is 1.27 bits per heavy atom. The first kappa shape index (κ1) is 13.2. The smallest absolute Gasteiger partial charge is 0.269 e. The maximum Gasteiger partial charge on any atom is 0.269 e. The van der Waals surface area contributed by atoms with E-state index in [9.17, 15) is 4.79 Å². The SMILES string of the molecule is O=c1cnc2ccc(-n3cccn3)cc2n1CC1OCCO1. The van der Waals surface area contributed by atoms with Crippen LogP contribution >= 0.6 is 0 Å². The van der Waals surface area contributed by atoms with Crippen molar-refractivity contribution in [3.8, 4) is 5.69 Å². The molecule has 4 rings (SSSR count). The van der Waals surface area contributed by atoms with Gasteiger partial charge < -0.3 is 14.0 Å². The zero-order valence-electron chi connectivity index (χ0n) is 11.8. The molecule has 1 fully saturated rings. The summed E-state index contributed by atoms with van der Waals surface area (Å²) in [6.45, 7) is 1.46. The fraction of sp³-hybridized carbons (Fsp3) is 0.267. The van der Waals surface area contributed by atoms with Gasteiger partial charge in [-0.05, 0) is 24.3 Å². The standard InChI is InChI=1S/C15H14N4O3/c20-14-9-16-12-3-2-11(19-5-1-4-17-19)8-13(12)18(14)10-15-21-6-7-22-15/h1-5,8-9,15H,6-7,10H2. The largest absolute Gasteiger partial charge is 0.348 e. The van der Waals surface area contributed by atoms with Gasteiger partial charge in [0.05, 0.1) is 42.7 Å². The monoisotopic (exact) mass is 298 g/mol. The molecule has 1 aromatic carbocycles. The van der Waals surface area contributed by atoms with Crippen LogP contribution in [0.25, 0.3) is 16.7 Å². The van der Waals surface area contributed by atoms with Crippen molar-refractivity contribution >= 4 is 11.0 Å². The van der Waals surface area contributed by atoms with Crippen LogP contribution in [-0.2, 0) is 16.0 Å². The number of benzene rings is 1. The second-order valence-electron chi connectivity index (χ2n) is 5.00. The summed E-state index contributed by atoms with van der Waals surface area (Å²) in [6.07, 6.45) is 4.49. The fourth-order valence-electron chi connectivity index (χ4n) is 2.56. The molecule has 3 aromatic rings. The molecule has 0 saturated carbocycles. The summed E-state index contributed by atoms with van der Waals surface area (Å²) in [4.78, 5) is 16.4. The summed E-state index contributed by atoms with van der Waals surface area (Å²) in [5.41, 5.74) is 2.17. The minimum absolute atomic E-state index is 0.177. The van der Waals surface area contributed by atoms with Gasteiger partial charge in [-0.15, -0.1) is 0 Å². The Hall–Kier alpha value is -2.51. The van der Waals surface area contributed by atoms with Crippen LogP contribution in [0.5, 0.6) is 0 Å². The molecule has 1 aliphatic heterocycles. The van der Waals surface area contributed by atoms with Crippen molar-refractivity contribution < 1.29 is 9.47 Å². The Balaban J connectivity index is 1.84. The molecule has 112 valence electrons. The third-order valence-electron chi connectivity index (χ3n) is 3.62. The van der Waals surface area contributed by atoms with E-state index in [4.69, 9.17) is 9.47 Å². The molecular formula is C15H14N4O3. The highest BCUT2D eigenvalue weighted by atomic mass is 16.7. The van der Waals surface area contributed by atoms with Crippen LogP contribution in [0.15, 0.2) is 47.7 Å². The predicted octanol–water partition coefficient (Wildman–Crippen LogP) is 0.955. The van der Waals surface area contributed by atoms with Gasteiger partial charge in [-0.2, -0.15) is 5.10 Å². The van der Waals surface area contributed by atoms with Crippen LogP contribution in [0.1, 0.15) is 0 Å². The van der Waals surface area contributed by atoms with Crippen LogP contribution in [0, 0.1) is 0 Å². The summed E-state index contributed by atoms with van der Waals surface area (Å²) < 4.78 is 14.3. The number of hydrogen-bond donors (Lipinski definition) is 0. The molecule has 0 atom stereocenters. The molecule has 0 amide bonds. The minimum Gasteiger partial charge on any atom is -0.348 e. The zero-order valence-corrected chi connectivity index (χ0v) is 11.8. The molecule has 0 bridgehead atoms. The second-order valence-corrected chi connectivity index (χ2v) is 5.00. The van der Waals surface area contributed by atoms with E-state index in [1.165, 1.54) is 6.20 Å². The minimum atomic E-state index is -0.392. The summed E-state index contributed by atoms with van der Waals surface area (Å²) in [7, 11) is 0. The van der Waals surface area contributed by atoms with Crippen LogP contribution in [0.4, 0.5) is 0 Å². The molecular weight excluding hydrogens is 284 g/mol. The maximum absolute atomic E-state index is 12.2. The van der Waals surface area contributed by atoms with E-state index in [1.807, 2.05) is 30.5 Å². The third kappa shape index (κ3) is 2.30. The fourth-order valence-corrected chi connectivity index (χ4v) is 2.56. The molecule has 0 radical (unpaired) electrons. The molecule has 1 aliphatic rings. The van der Waals surface area contributed by atoms with Crippen LogP contribution in [0.3, 0.4) is 0 Å². The molecule has 22 heavy (non-hydrogen) atoms. The van der Waals surface area contributed by atoms with E-state index < -0.39 is 6.29 Å². The Morgan fingerprint density at radius 2 is 2.14 bits per heavy atom. The summed E-state index contributed by atoms with van der Waals surface area (Å²) in [6, 6.07) is 7.53. The first-order valence-corrected chi connectivity index (χ1v) is 7.04. The Bertz CT molecular complexity index is 851. The lowest BCUT2D eigenvalue weighted by Gasteiger charge is -2.14. The normalized spacial score (nSPS) is 15.6. The molecule has 7 heteroatoms. The van der Waals surface area contributed by atoms with Crippen LogP contribution in [-0.4, -0.2) is 38.8 Å². The first-order chi connectivity index (χ1) is 10.8. The van der Waals surface area contributed by atoms with Crippen molar-refractivity contribution in [2.75, 3.05) is 13.2 Å². The van der Waals surface area contributed by atoms with E-state index in [0.717, 1.165) is 16.7 Å². The summed E-state index contributed by atoms with van der Waals surface area (Å²) >= 11 is 0. The lowest BCUT2D eigenvalue weighted by molar-refractivity contribution is -0.0523. The highest BCUT2D eigenvalue weighted by Crippen LogP contribution is 2.16. The quantitative estimate of drug-likeness (QED) is 0.720. The predicted molar refractivity (Wildman–Crippen MR) is 78.8 cm³/mol. The van der Waals surface area contributed by atoms with Gasteiger partial charge in [-0.3, -0.25) is 4.79 Å². The third-order valence-corrected chi connectivity index (χ3v) is 3.62. The summed E-state index contributed by atoms with van der Waals surface area (Å²) in [5, 5.41) is 4.21. The van der Waals surface area contributed by atoms with Crippen molar-refractivity contribution in [3.05, 3.63) is 53.2 Å². The first-order valence-electron chi connectivity index (χ1n) is 7.04. The number of aromatic nitrogens is 4. The Morgan fingerprint density at radius 3 is 2.91 bits per heavy atom. The molecule has 0 N–H and O–H groups in total. The average molecular weight is 298 g/mol. The van der Waals surface area contributed by atoms with Gasteiger partial charge in [0.1, 0.15) is 0 Å². The van der Waals surface area contributed by atoms with E-state index in [1.54, 1.807) is 15.4 Å². The van der Waals surface area contributed by atoms with Crippen molar-refractivity contribution in [2.45, 2.75) is 12.8 Å². The van der Waals surface area contributed by atoms with Gasteiger partial charge in [-0.25, -0.2) is 9.67 Å². The van der Waals surface area contributed by atoms with Gasteiger partial charge in [0.15, 0.2) is 6.29 Å². The molecule has 0 spiro atoms. The van der Waals surface area contributed by atoms with Crippen molar-refractivity contribution in [1.82, 2.24) is 19.3 Å². The molecule has 0 unspecified atom stereocenters. The van der Waals surface area contributed by atoms with Gasteiger partial charge in [0.2, 0.25) is 0 Å². The Labute approximate surface area is 125 Å². The Kier molecular flexibility index (Phi) is 3.21. The number of fused-ring (bicyclic) bond motifs is 1. The van der Waals surface area contributed by atoms with Gasteiger partial charge in [0.25, 0.3) is 5.56 Å². The number of hydrogen-bond acceptors (Lipinski definition) is 5. The highest BCUT2D eigenvalue weighted by Gasteiger charge is 2.18. The topological polar surface area (TPSA) is 71.2 Å². The highest BCUT2D eigenvalue weighted by molar-refractivity contribution is 5.77. The molecule has 0 aliphatic carbocycles. The van der Waals surface area contributed by atoms with Crippen molar-refractivity contribution in [2.24, 2.45) is 0 Å². The molecule has 1 saturated heterocycles. The second kappa shape index (κ2) is 5.36. The number of rotatable bonds is 3. The summed E-state index contributed by atoms with van der Waals surface area (Å²) in [5.74, 6) is 0. The lowest BCUT2D eigenvalue weighted by Crippen LogP contribution is -2.27. The van der Waals surface area contributed by atoms with Crippen LogP contribution < -0.4 is 5.56 Å². The van der Waals surface area contributed by atoms with E-state index in [-0.39, 0.29) is 5.56 Å². The van der Waals surface area contributed by atoms with Gasteiger partial charge in [0, 0.05) is 12.4 Å². The van der Waals surface area contributed by atoms with Gasteiger partial charge in [-0.1, -0.05) is 0 Å². The van der Waals surface area contributed by atoms with Crippen molar-refractivity contribution in [3.63, 3.8) is 0 Å². The van der Waals surface area contributed by atoms with Gasteiger partial charge >= 0.3 is 0 Å². The molecule has 2 aromatic heterocycles. The lowest BCUT2D eigenvalue weighted by atomic mass is 10.2. The molecule has 3 heterocycles. The molecule has 7 nitrogen and oxygen atoms in total.